The summed E-state index contributed by atoms with van der Waals surface area (Å²) >= 11 is 12.2. The van der Waals surface area contributed by atoms with Crippen LogP contribution in [0, 0.1) is 0 Å². The largest absolute Gasteiger partial charge is 0.444 e. The zero-order valence-corrected chi connectivity index (χ0v) is 26.8. The van der Waals surface area contributed by atoms with E-state index in [4.69, 9.17) is 27.9 Å². The van der Waals surface area contributed by atoms with Crippen molar-refractivity contribution in [3.05, 3.63) is 58.6 Å². The summed E-state index contributed by atoms with van der Waals surface area (Å²) in [5, 5.41) is 9.56. The van der Waals surface area contributed by atoms with E-state index in [2.05, 4.69) is 16.0 Å². The first kappa shape index (κ1) is 32.5. The second-order valence-corrected chi connectivity index (χ2v) is 13.2. The smallest absolute Gasteiger partial charge is 0.410 e. The summed E-state index contributed by atoms with van der Waals surface area (Å²) in [4.78, 5) is 66.2. The first-order valence-corrected chi connectivity index (χ1v) is 15.5. The van der Waals surface area contributed by atoms with E-state index < -0.39 is 28.8 Å². The number of hydrogen-bond donors (Lipinski definition) is 3. The third-order valence-corrected chi connectivity index (χ3v) is 8.88. The van der Waals surface area contributed by atoms with Crippen molar-refractivity contribution in [2.75, 3.05) is 36.0 Å². The number of nitrogens with zero attached hydrogens (tertiary/aromatic N) is 3. The number of ether oxygens (including phenoxy) is 1. The van der Waals surface area contributed by atoms with Gasteiger partial charge in [-0.2, -0.15) is 0 Å². The molecule has 4 fully saturated rings. The van der Waals surface area contributed by atoms with E-state index >= 15 is 0 Å². The fourth-order valence-corrected chi connectivity index (χ4v) is 6.31. The van der Waals surface area contributed by atoms with Crippen molar-refractivity contribution in [3.63, 3.8) is 0 Å². The number of rotatable bonds is 2. The molecule has 4 aliphatic heterocycles. The third-order valence-electron chi connectivity index (χ3n) is 8.24. The van der Waals surface area contributed by atoms with Crippen molar-refractivity contribution in [1.29, 1.82) is 0 Å². The van der Waals surface area contributed by atoms with Crippen molar-refractivity contribution in [1.82, 2.24) is 20.9 Å². The number of hydrogen-bond acceptors (Lipinski definition) is 7. The van der Waals surface area contributed by atoms with Gasteiger partial charge < -0.3 is 25.6 Å². The van der Waals surface area contributed by atoms with Crippen LogP contribution < -0.4 is 25.8 Å². The van der Waals surface area contributed by atoms with Crippen LogP contribution in [0.5, 0.6) is 0 Å². The van der Waals surface area contributed by atoms with Gasteiger partial charge >= 0.3 is 18.2 Å². The summed E-state index contributed by atoms with van der Waals surface area (Å²) < 4.78 is 5.37. The van der Waals surface area contributed by atoms with E-state index in [1.54, 1.807) is 74.2 Å². The lowest BCUT2D eigenvalue weighted by molar-refractivity contribution is -0.124. The average Bonchev–Trinajstić information content (AvgIpc) is 3.36. The Morgan fingerprint density at radius 3 is 1.58 bits per heavy atom. The van der Waals surface area contributed by atoms with E-state index in [0.717, 1.165) is 22.9 Å². The molecule has 0 bridgehead atoms. The fraction of sp³-hybridized carbons (Fsp3) is 0.452. The van der Waals surface area contributed by atoms with E-state index in [0.29, 0.717) is 60.2 Å². The minimum absolute atomic E-state index is 0.202. The summed E-state index contributed by atoms with van der Waals surface area (Å²) in [6.07, 6.45) is 1.47. The highest BCUT2D eigenvalue weighted by Crippen LogP contribution is 2.36. The monoisotopic (exact) mass is 658 g/mol. The molecule has 0 radical (unpaired) electrons. The lowest BCUT2D eigenvalue weighted by atomic mass is 9.87. The Morgan fingerprint density at radius 1 is 0.733 bits per heavy atom. The minimum Gasteiger partial charge on any atom is -0.444 e. The number of benzene rings is 2. The Morgan fingerprint density at radius 2 is 1.16 bits per heavy atom. The van der Waals surface area contributed by atoms with E-state index in [9.17, 15) is 24.0 Å². The molecule has 45 heavy (non-hydrogen) atoms. The summed E-state index contributed by atoms with van der Waals surface area (Å²) in [7, 11) is 0. The minimum atomic E-state index is -1.01. The molecule has 4 heterocycles. The van der Waals surface area contributed by atoms with Crippen molar-refractivity contribution in [3.8, 4) is 0 Å². The fourth-order valence-electron chi connectivity index (χ4n) is 5.87. The van der Waals surface area contributed by atoms with Gasteiger partial charge in [0.25, 0.3) is 11.8 Å². The van der Waals surface area contributed by atoms with Gasteiger partial charge in [-0.05, 0) is 83.8 Å². The number of carbonyl (C=O) groups is 5. The molecule has 7 amide bonds. The number of amides is 7. The van der Waals surface area contributed by atoms with Crippen LogP contribution in [0.15, 0.2) is 48.5 Å². The molecule has 4 aliphatic rings. The van der Waals surface area contributed by atoms with Crippen molar-refractivity contribution >= 4 is 64.5 Å². The second-order valence-electron chi connectivity index (χ2n) is 12.4. The van der Waals surface area contributed by atoms with Crippen LogP contribution in [0.25, 0.3) is 0 Å². The predicted octanol–water partition coefficient (Wildman–Crippen LogP) is 4.68. The van der Waals surface area contributed by atoms with Crippen LogP contribution in [-0.4, -0.2) is 77.7 Å². The normalized spacial score (nSPS) is 20.6. The number of likely N-dealkylation sites (tertiary alicyclic amines) is 1. The predicted molar refractivity (Wildman–Crippen MR) is 170 cm³/mol. The molecule has 240 valence electrons. The Hall–Kier alpha value is -3.87. The van der Waals surface area contributed by atoms with E-state index in [-0.39, 0.29) is 17.8 Å². The van der Waals surface area contributed by atoms with E-state index in [1.165, 1.54) is 0 Å². The van der Waals surface area contributed by atoms with Crippen molar-refractivity contribution in [2.45, 2.75) is 63.1 Å². The highest BCUT2D eigenvalue weighted by atomic mass is 35.5. The van der Waals surface area contributed by atoms with Gasteiger partial charge in [0.1, 0.15) is 16.7 Å². The van der Waals surface area contributed by atoms with Crippen LogP contribution in [0.4, 0.5) is 25.8 Å². The van der Waals surface area contributed by atoms with Gasteiger partial charge in [0.05, 0.1) is 21.4 Å². The number of imide groups is 2. The molecular formula is C31H36Cl2N6O6. The molecular weight excluding hydrogens is 623 g/mol. The van der Waals surface area contributed by atoms with Gasteiger partial charge in [0.2, 0.25) is 0 Å². The van der Waals surface area contributed by atoms with Gasteiger partial charge in [-0.3, -0.25) is 9.59 Å². The summed E-state index contributed by atoms with van der Waals surface area (Å²) in [5.74, 6) is -0.536. The standard InChI is InChI=1S/C18H22ClN3O4.C13H14ClN3O2/c1-17(2,3)26-16(25)21-10-8-18(9-11-21)14(23)22(15(24)20-18)13-7-5-4-6-12(13)19;14-9-3-1-2-4-10(9)17-11(18)13(16-12(17)19)5-7-15-8-6-13/h4-7H,8-11H2,1-3H3,(H,20,24);1-4,15H,5-8H2,(H,16,19). The topological polar surface area (TPSA) is 140 Å². The van der Waals surface area contributed by atoms with Gasteiger partial charge in [-0.25, -0.2) is 24.2 Å². The van der Waals surface area contributed by atoms with Gasteiger partial charge in [0.15, 0.2) is 0 Å². The number of piperidine rings is 2. The molecule has 2 aromatic carbocycles. The number of halogens is 2. The Labute approximate surface area is 271 Å². The quantitative estimate of drug-likeness (QED) is 0.398. The molecule has 2 spiro atoms. The SMILES string of the molecule is CC(C)(C)OC(=O)N1CCC2(CC1)NC(=O)N(c1ccccc1Cl)C2=O.O=C1NC2(CCNCC2)C(=O)N1c1ccccc1Cl. The summed E-state index contributed by atoms with van der Waals surface area (Å²) in [6, 6.07) is 12.7. The second kappa shape index (κ2) is 12.5. The van der Waals surface area contributed by atoms with Crippen molar-refractivity contribution < 1.29 is 28.7 Å². The molecule has 6 rings (SSSR count). The van der Waals surface area contributed by atoms with Crippen molar-refractivity contribution in [2.24, 2.45) is 0 Å². The highest BCUT2D eigenvalue weighted by Gasteiger charge is 2.54. The third kappa shape index (κ3) is 6.45. The number of urea groups is 2. The Bertz CT molecular complexity index is 1510. The number of anilines is 2. The maximum absolute atomic E-state index is 13.0. The zero-order chi connectivity index (χ0) is 32.6. The molecule has 0 saturated carbocycles. The van der Waals surface area contributed by atoms with Crippen LogP contribution in [-0.2, 0) is 14.3 Å². The molecule has 0 aromatic heterocycles. The summed E-state index contributed by atoms with van der Waals surface area (Å²) in [6.45, 7) is 7.52. The zero-order valence-electron chi connectivity index (χ0n) is 25.3. The lowest BCUT2D eigenvalue weighted by Crippen LogP contribution is -2.56. The molecule has 0 aliphatic carbocycles. The van der Waals surface area contributed by atoms with Crippen LogP contribution in [0.3, 0.4) is 0 Å². The molecule has 4 saturated heterocycles. The van der Waals surface area contributed by atoms with Crippen LogP contribution in [0.2, 0.25) is 10.0 Å². The van der Waals surface area contributed by atoms with Gasteiger partial charge in [0, 0.05) is 13.1 Å². The number of carbonyl (C=O) groups excluding carboxylic acids is 5. The van der Waals surface area contributed by atoms with Gasteiger partial charge in [-0.1, -0.05) is 47.5 Å². The molecule has 12 nitrogen and oxygen atoms in total. The lowest BCUT2D eigenvalue weighted by Gasteiger charge is -2.37. The van der Waals surface area contributed by atoms with Crippen LogP contribution >= 0.6 is 23.2 Å². The van der Waals surface area contributed by atoms with Crippen LogP contribution in [0.1, 0.15) is 46.5 Å². The number of nitrogens with one attached hydrogen (secondary N) is 3. The first-order valence-electron chi connectivity index (χ1n) is 14.8. The molecule has 0 atom stereocenters. The van der Waals surface area contributed by atoms with E-state index in [1.807, 2.05) is 0 Å². The Kier molecular flexibility index (Phi) is 9.03. The van der Waals surface area contributed by atoms with Gasteiger partial charge in [-0.15, -0.1) is 0 Å². The Balaban J connectivity index is 0.000000186. The first-order chi connectivity index (χ1) is 21.3. The maximum atomic E-state index is 13.0. The molecule has 3 N–H and O–H groups in total. The molecule has 0 unspecified atom stereocenters. The number of para-hydroxylation sites is 2. The molecule has 14 heteroatoms. The maximum Gasteiger partial charge on any atom is 0.410 e. The highest BCUT2D eigenvalue weighted by molar-refractivity contribution is 6.37. The average molecular weight is 660 g/mol. The summed E-state index contributed by atoms with van der Waals surface area (Å²) in [5.41, 5.74) is -1.54. The molecule has 2 aromatic rings.